The standard InChI is InChI=1S/C15H29NO2/c1-13(12-17)4-3-9-16-14-5-2-6-15(14)7-10-18-11-8-15/h13-14,16-17H,2-12H2,1H3. The molecular weight excluding hydrogens is 226 g/mol. The Kier molecular flexibility index (Phi) is 5.46. The molecule has 1 saturated heterocycles. The second-order valence-electron chi connectivity index (χ2n) is 6.30. The summed E-state index contributed by atoms with van der Waals surface area (Å²) >= 11 is 0. The molecule has 18 heavy (non-hydrogen) atoms. The normalized spacial score (nSPS) is 28.7. The molecule has 0 amide bonds. The van der Waals surface area contributed by atoms with Gasteiger partial charge in [0, 0.05) is 25.9 Å². The maximum Gasteiger partial charge on any atom is 0.0471 e. The molecule has 0 aromatic rings. The van der Waals surface area contributed by atoms with E-state index in [0.717, 1.165) is 26.2 Å². The van der Waals surface area contributed by atoms with Crippen LogP contribution in [0.4, 0.5) is 0 Å². The summed E-state index contributed by atoms with van der Waals surface area (Å²) < 4.78 is 5.52. The van der Waals surface area contributed by atoms with Crippen molar-refractivity contribution in [2.45, 2.75) is 57.9 Å². The third kappa shape index (κ3) is 3.46. The van der Waals surface area contributed by atoms with E-state index < -0.39 is 0 Å². The van der Waals surface area contributed by atoms with Gasteiger partial charge in [0.25, 0.3) is 0 Å². The van der Waals surface area contributed by atoms with E-state index in [9.17, 15) is 0 Å². The zero-order chi connectivity index (χ0) is 12.8. The molecule has 2 N–H and O–H groups in total. The van der Waals surface area contributed by atoms with Crippen molar-refractivity contribution in [2.24, 2.45) is 11.3 Å². The third-order valence-corrected chi connectivity index (χ3v) is 4.97. The van der Waals surface area contributed by atoms with E-state index >= 15 is 0 Å². The molecule has 2 aliphatic rings. The van der Waals surface area contributed by atoms with Gasteiger partial charge in [-0.1, -0.05) is 13.3 Å². The molecular formula is C15H29NO2. The van der Waals surface area contributed by atoms with Crippen LogP contribution in [0, 0.1) is 11.3 Å². The van der Waals surface area contributed by atoms with Crippen molar-refractivity contribution < 1.29 is 9.84 Å². The van der Waals surface area contributed by atoms with Crippen molar-refractivity contribution in [3.63, 3.8) is 0 Å². The van der Waals surface area contributed by atoms with Gasteiger partial charge in [-0.25, -0.2) is 0 Å². The van der Waals surface area contributed by atoms with Gasteiger partial charge < -0.3 is 15.2 Å². The molecule has 1 aliphatic heterocycles. The minimum absolute atomic E-state index is 0.324. The molecule has 106 valence electrons. The molecule has 3 nitrogen and oxygen atoms in total. The van der Waals surface area contributed by atoms with Gasteiger partial charge in [-0.15, -0.1) is 0 Å². The molecule has 1 spiro atoms. The zero-order valence-electron chi connectivity index (χ0n) is 11.8. The highest BCUT2D eigenvalue weighted by molar-refractivity contribution is 4.97. The summed E-state index contributed by atoms with van der Waals surface area (Å²) in [6.45, 7) is 5.47. The van der Waals surface area contributed by atoms with E-state index in [1.807, 2.05) is 0 Å². The molecule has 2 atom stereocenters. The molecule has 0 bridgehead atoms. The first-order valence-electron chi connectivity index (χ1n) is 7.69. The monoisotopic (exact) mass is 255 g/mol. The first-order chi connectivity index (χ1) is 8.77. The highest BCUT2D eigenvalue weighted by Gasteiger charge is 2.43. The van der Waals surface area contributed by atoms with Crippen LogP contribution < -0.4 is 5.32 Å². The van der Waals surface area contributed by atoms with Crippen molar-refractivity contribution in [1.29, 1.82) is 0 Å². The molecule has 0 radical (unpaired) electrons. The van der Waals surface area contributed by atoms with Crippen molar-refractivity contribution in [3.8, 4) is 0 Å². The summed E-state index contributed by atoms with van der Waals surface area (Å²) in [6, 6.07) is 0.714. The molecule has 1 aliphatic carbocycles. The van der Waals surface area contributed by atoms with E-state index in [4.69, 9.17) is 9.84 Å². The van der Waals surface area contributed by atoms with Gasteiger partial charge in [0.05, 0.1) is 0 Å². The Morgan fingerprint density at radius 1 is 1.33 bits per heavy atom. The van der Waals surface area contributed by atoms with E-state index in [1.54, 1.807) is 0 Å². The Bertz CT molecular complexity index is 239. The van der Waals surface area contributed by atoms with E-state index in [1.165, 1.54) is 38.5 Å². The maximum absolute atomic E-state index is 9.01. The van der Waals surface area contributed by atoms with E-state index in [0.29, 0.717) is 24.0 Å². The summed E-state index contributed by atoms with van der Waals surface area (Å²) in [6.07, 6.45) is 8.92. The molecule has 2 rings (SSSR count). The first-order valence-corrected chi connectivity index (χ1v) is 7.69. The second kappa shape index (κ2) is 6.88. The molecule has 3 heteroatoms. The third-order valence-electron chi connectivity index (χ3n) is 4.97. The minimum atomic E-state index is 0.324. The Balaban J connectivity index is 1.71. The fourth-order valence-corrected chi connectivity index (χ4v) is 3.65. The van der Waals surface area contributed by atoms with Crippen LogP contribution in [0.2, 0.25) is 0 Å². The average Bonchev–Trinajstić information content (AvgIpc) is 2.78. The van der Waals surface area contributed by atoms with Crippen molar-refractivity contribution in [3.05, 3.63) is 0 Å². The summed E-state index contributed by atoms with van der Waals surface area (Å²) in [5.74, 6) is 0.451. The van der Waals surface area contributed by atoms with Crippen molar-refractivity contribution in [2.75, 3.05) is 26.4 Å². The van der Waals surface area contributed by atoms with Gasteiger partial charge in [-0.3, -0.25) is 0 Å². The molecule has 1 heterocycles. The van der Waals surface area contributed by atoms with E-state index in [2.05, 4.69) is 12.2 Å². The SMILES string of the molecule is CC(CO)CCCNC1CCCC12CCOCC2. The van der Waals surface area contributed by atoms with Gasteiger partial charge in [0.15, 0.2) is 0 Å². The summed E-state index contributed by atoms with van der Waals surface area (Å²) in [7, 11) is 0. The summed E-state index contributed by atoms with van der Waals surface area (Å²) in [5.41, 5.74) is 0.543. The lowest BCUT2D eigenvalue weighted by Gasteiger charge is -2.39. The van der Waals surface area contributed by atoms with Crippen LogP contribution in [0.15, 0.2) is 0 Å². The Labute approximate surface area is 111 Å². The predicted molar refractivity (Wildman–Crippen MR) is 73.6 cm³/mol. The van der Waals surface area contributed by atoms with Crippen LogP contribution in [0.1, 0.15) is 51.9 Å². The van der Waals surface area contributed by atoms with E-state index in [-0.39, 0.29) is 0 Å². The van der Waals surface area contributed by atoms with Gasteiger partial charge in [-0.05, 0) is 56.4 Å². The lowest BCUT2D eigenvalue weighted by atomic mass is 9.75. The Morgan fingerprint density at radius 3 is 2.83 bits per heavy atom. The van der Waals surface area contributed by atoms with Crippen molar-refractivity contribution >= 4 is 0 Å². The first kappa shape index (κ1) is 14.3. The Morgan fingerprint density at radius 2 is 2.11 bits per heavy atom. The molecule has 1 saturated carbocycles. The van der Waals surface area contributed by atoms with Crippen LogP contribution in [0.5, 0.6) is 0 Å². The van der Waals surface area contributed by atoms with Crippen LogP contribution in [-0.2, 0) is 4.74 Å². The van der Waals surface area contributed by atoms with Gasteiger partial charge in [0.2, 0.25) is 0 Å². The summed E-state index contributed by atoms with van der Waals surface area (Å²) in [4.78, 5) is 0. The zero-order valence-corrected chi connectivity index (χ0v) is 11.8. The number of hydrogen-bond acceptors (Lipinski definition) is 3. The number of aliphatic hydroxyl groups excluding tert-OH is 1. The smallest absolute Gasteiger partial charge is 0.0471 e. The number of aliphatic hydroxyl groups is 1. The van der Waals surface area contributed by atoms with Crippen LogP contribution in [0.3, 0.4) is 0 Å². The van der Waals surface area contributed by atoms with Gasteiger partial charge in [-0.2, -0.15) is 0 Å². The highest BCUT2D eigenvalue weighted by atomic mass is 16.5. The van der Waals surface area contributed by atoms with Crippen LogP contribution in [-0.4, -0.2) is 37.5 Å². The average molecular weight is 255 g/mol. The maximum atomic E-state index is 9.01. The summed E-state index contributed by atoms with van der Waals surface area (Å²) in [5, 5.41) is 12.8. The predicted octanol–water partition coefficient (Wildman–Crippen LogP) is 2.33. The second-order valence-corrected chi connectivity index (χ2v) is 6.30. The molecule has 2 fully saturated rings. The quantitative estimate of drug-likeness (QED) is 0.716. The lowest BCUT2D eigenvalue weighted by molar-refractivity contribution is 0.00439. The van der Waals surface area contributed by atoms with Gasteiger partial charge in [0.1, 0.15) is 0 Å². The minimum Gasteiger partial charge on any atom is -0.396 e. The topological polar surface area (TPSA) is 41.5 Å². The van der Waals surface area contributed by atoms with Crippen LogP contribution in [0.25, 0.3) is 0 Å². The number of rotatable bonds is 6. The molecule has 0 aromatic heterocycles. The largest absolute Gasteiger partial charge is 0.396 e. The number of hydrogen-bond donors (Lipinski definition) is 2. The van der Waals surface area contributed by atoms with Gasteiger partial charge >= 0.3 is 0 Å². The number of ether oxygens (including phenoxy) is 1. The molecule has 0 aromatic carbocycles. The molecule has 2 unspecified atom stereocenters. The number of nitrogens with one attached hydrogen (secondary N) is 1. The Hall–Kier alpha value is -0.120. The van der Waals surface area contributed by atoms with Crippen molar-refractivity contribution in [1.82, 2.24) is 5.32 Å². The lowest BCUT2D eigenvalue weighted by Crippen LogP contribution is -2.45. The fourth-order valence-electron chi connectivity index (χ4n) is 3.65. The fraction of sp³-hybridized carbons (Fsp3) is 1.00. The van der Waals surface area contributed by atoms with Crippen LogP contribution >= 0.6 is 0 Å². The highest BCUT2D eigenvalue weighted by Crippen LogP contribution is 2.45.